The second kappa shape index (κ2) is 11.6. The molecule has 3 rings (SSSR count). The monoisotopic (exact) mass is 436 g/mol. The molecular formula is C25H36N6O. The Morgan fingerprint density at radius 3 is 1.88 bits per heavy atom. The zero-order chi connectivity index (χ0) is 22.9. The molecule has 2 aromatic rings. The Morgan fingerprint density at radius 2 is 1.38 bits per heavy atom. The van der Waals surface area contributed by atoms with Gasteiger partial charge in [0.1, 0.15) is 0 Å². The van der Waals surface area contributed by atoms with Crippen molar-refractivity contribution in [2.45, 2.75) is 19.6 Å². The van der Waals surface area contributed by atoms with Crippen molar-refractivity contribution >= 4 is 11.9 Å². The van der Waals surface area contributed by atoms with Crippen LogP contribution < -0.4 is 10.6 Å². The number of benzene rings is 2. The molecule has 0 aromatic heterocycles. The molecule has 0 aliphatic carbocycles. The first-order valence-corrected chi connectivity index (χ1v) is 11.2. The van der Waals surface area contributed by atoms with E-state index in [4.69, 9.17) is 0 Å². The van der Waals surface area contributed by atoms with Gasteiger partial charge in [-0.3, -0.25) is 14.7 Å². The van der Waals surface area contributed by atoms with Crippen molar-refractivity contribution in [3.05, 3.63) is 70.8 Å². The highest BCUT2D eigenvalue weighted by atomic mass is 16.2. The highest BCUT2D eigenvalue weighted by Gasteiger charge is 2.13. The number of amides is 1. The summed E-state index contributed by atoms with van der Waals surface area (Å²) >= 11 is 0. The lowest BCUT2D eigenvalue weighted by molar-refractivity contribution is 0.0827. The van der Waals surface area contributed by atoms with Gasteiger partial charge in [-0.1, -0.05) is 36.4 Å². The summed E-state index contributed by atoms with van der Waals surface area (Å²) < 4.78 is 0. The summed E-state index contributed by atoms with van der Waals surface area (Å²) in [6.45, 7) is 6.93. The molecule has 1 amide bonds. The quantitative estimate of drug-likeness (QED) is 0.514. The molecule has 0 radical (unpaired) electrons. The third-order valence-corrected chi connectivity index (χ3v) is 5.78. The van der Waals surface area contributed by atoms with E-state index in [0.29, 0.717) is 18.7 Å². The number of nitrogens with one attached hydrogen (secondary N) is 2. The van der Waals surface area contributed by atoms with Crippen molar-refractivity contribution in [3.63, 3.8) is 0 Å². The van der Waals surface area contributed by atoms with Crippen LogP contribution in [0.4, 0.5) is 0 Å². The molecule has 0 spiro atoms. The van der Waals surface area contributed by atoms with Crippen LogP contribution in [-0.4, -0.2) is 80.9 Å². The van der Waals surface area contributed by atoms with Gasteiger partial charge in [-0.2, -0.15) is 0 Å². The van der Waals surface area contributed by atoms with Crippen molar-refractivity contribution in [3.8, 4) is 0 Å². The molecule has 1 saturated heterocycles. The molecule has 7 nitrogen and oxygen atoms in total. The lowest BCUT2D eigenvalue weighted by atomic mass is 10.1. The van der Waals surface area contributed by atoms with E-state index in [-0.39, 0.29) is 5.91 Å². The summed E-state index contributed by atoms with van der Waals surface area (Å²) in [5, 5.41) is 6.70. The molecule has 1 heterocycles. The number of piperazine rings is 1. The first-order chi connectivity index (χ1) is 15.4. The van der Waals surface area contributed by atoms with Gasteiger partial charge in [-0.05, 0) is 35.9 Å². The van der Waals surface area contributed by atoms with E-state index in [2.05, 4.69) is 56.7 Å². The highest BCUT2D eigenvalue weighted by Crippen LogP contribution is 2.10. The normalized spacial score (nSPS) is 15.4. The minimum Gasteiger partial charge on any atom is -0.352 e. The molecule has 7 heteroatoms. The zero-order valence-electron chi connectivity index (χ0n) is 19.8. The van der Waals surface area contributed by atoms with Gasteiger partial charge in [0, 0.05) is 72.5 Å². The first kappa shape index (κ1) is 23.8. The van der Waals surface area contributed by atoms with E-state index < -0.39 is 0 Å². The van der Waals surface area contributed by atoms with Crippen LogP contribution in [0.15, 0.2) is 53.5 Å². The fourth-order valence-corrected chi connectivity index (χ4v) is 3.64. The van der Waals surface area contributed by atoms with E-state index in [9.17, 15) is 4.79 Å². The largest absolute Gasteiger partial charge is 0.352 e. The standard InChI is InChI=1S/C25H36N6O/c1-26-25(28-18-21-9-11-23(12-10-21)24(32)29(2)3)27-17-20-5-7-22(8-6-20)19-31-15-13-30(4)14-16-31/h5-12H,13-19H2,1-4H3,(H2,26,27,28). The Hall–Kier alpha value is -2.90. The average molecular weight is 437 g/mol. The van der Waals surface area contributed by atoms with Crippen LogP contribution in [-0.2, 0) is 19.6 Å². The Bertz CT molecular complexity index is 884. The summed E-state index contributed by atoms with van der Waals surface area (Å²) in [4.78, 5) is 22.8. The number of hydrogen-bond donors (Lipinski definition) is 2. The van der Waals surface area contributed by atoms with Gasteiger partial charge in [-0.25, -0.2) is 0 Å². The van der Waals surface area contributed by atoms with Gasteiger partial charge in [0.25, 0.3) is 5.91 Å². The third kappa shape index (κ3) is 7.07. The number of rotatable bonds is 7. The van der Waals surface area contributed by atoms with Crippen LogP contribution in [0.5, 0.6) is 0 Å². The van der Waals surface area contributed by atoms with Gasteiger partial charge in [0.15, 0.2) is 5.96 Å². The molecule has 32 heavy (non-hydrogen) atoms. The second-order valence-electron chi connectivity index (χ2n) is 8.57. The topological polar surface area (TPSA) is 63.2 Å². The van der Waals surface area contributed by atoms with Gasteiger partial charge in [0.05, 0.1) is 0 Å². The number of guanidine groups is 1. The molecular weight excluding hydrogens is 400 g/mol. The van der Waals surface area contributed by atoms with E-state index in [1.807, 2.05) is 24.3 Å². The summed E-state index contributed by atoms with van der Waals surface area (Å²) in [5.41, 5.74) is 4.37. The van der Waals surface area contributed by atoms with E-state index >= 15 is 0 Å². The van der Waals surface area contributed by atoms with Gasteiger partial charge < -0.3 is 20.4 Å². The maximum absolute atomic E-state index is 12.0. The van der Waals surface area contributed by atoms with E-state index in [0.717, 1.165) is 44.2 Å². The van der Waals surface area contributed by atoms with E-state index in [1.54, 1.807) is 26.0 Å². The number of nitrogens with zero attached hydrogens (tertiary/aromatic N) is 4. The third-order valence-electron chi connectivity index (χ3n) is 5.78. The van der Waals surface area contributed by atoms with Crippen LogP contribution in [0.1, 0.15) is 27.0 Å². The fraction of sp³-hybridized carbons (Fsp3) is 0.440. The summed E-state index contributed by atoms with van der Waals surface area (Å²) in [7, 11) is 7.47. The number of likely N-dealkylation sites (N-methyl/N-ethyl adjacent to an activating group) is 1. The summed E-state index contributed by atoms with van der Waals surface area (Å²) in [6, 6.07) is 16.5. The average Bonchev–Trinajstić information content (AvgIpc) is 2.81. The molecule has 1 aliphatic rings. The zero-order valence-corrected chi connectivity index (χ0v) is 19.8. The minimum absolute atomic E-state index is 0.0107. The van der Waals surface area contributed by atoms with Crippen molar-refractivity contribution in [1.29, 1.82) is 0 Å². The highest BCUT2D eigenvalue weighted by molar-refractivity contribution is 5.93. The Balaban J connectivity index is 1.43. The second-order valence-corrected chi connectivity index (χ2v) is 8.57. The maximum Gasteiger partial charge on any atom is 0.253 e. The van der Waals surface area contributed by atoms with Gasteiger partial charge in [-0.15, -0.1) is 0 Å². The van der Waals surface area contributed by atoms with Crippen LogP contribution in [0.3, 0.4) is 0 Å². The Labute approximate surface area is 192 Å². The molecule has 2 N–H and O–H groups in total. The van der Waals surface area contributed by atoms with Crippen LogP contribution in [0, 0.1) is 0 Å². The molecule has 0 atom stereocenters. The lowest BCUT2D eigenvalue weighted by Crippen LogP contribution is -2.43. The number of hydrogen-bond acceptors (Lipinski definition) is 4. The lowest BCUT2D eigenvalue weighted by Gasteiger charge is -2.32. The molecule has 172 valence electrons. The number of aliphatic imine (C=N–C) groups is 1. The van der Waals surface area contributed by atoms with Crippen molar-refractivity contribution < 1.29 is 4.79 Å². The molecule has 0 bridgehead atoms. The number of carbonyl (C=O) groups is 1. The van der Waals surface area contributed by atoms with Crippen molar-refractivity contribution in [1.82, 2.24) is 25.3 Å². The predicted molar refractivity (Wildman–Crippen MR) is 131 cm³/mol. The fourth-order valence-electron chi connectivity index (χ4n) is 3.64. The molecule has 2 aromatic carbocycles. The summed E-state index contributed by atoms with van der Waals surface area (Å²) in [5.74, 6) is 0.761. The number of carbonyl (C=O) groups excluding carboxylic acids is 1. The molecule has 0 unspecified atom stereocenters. The predicted octanol–water partition coefficient (Wildman–Crippen LogP) is 2.00. The Morgan fingerprint density at radius 1 is 0.875 bits per heavy atom. The van der Waals surface area contributed by atoms with Crippen LogP contribution >= 0.6 is 0 Å². The SMILES string of the molecule is CN=C(NCc1ccc(CN2CCN(C)CC2)cc1)NCc1ccc(C(=O)N(C)C)cc1. The molecule has 1 fully saturated rings. The Kier molecular flexibility index (Phi) is 8.64. The van der Waals surface area contributed by atoms with Crippen LogP contribution in [0.25, 0.3) is 0 Å². The van der Waals surface area contributed by atoms with Crippen molar-refractivity contribution in [2.24, 2.45) is 4.99 Å². The summed E-state index contributed by atoms with van der Waals surface area (Å²) in [6.07, 6.45) is 0. The molecule has 0 saturated carbocycles. The maximum atomic E-state index is 12.0. The van der Waals surface area contributed by atoms with Crippen molar-refractivity contribution in [2.75, 3.05) is 54.4 Å². The molecule has 1 aliphatic heterocycles. The van der Waals surface area contributed by atoms with E-state index in [1.165, 1.54) is 11.1 Å². The van der Waals surface area contributed by atoms with Gasteiger partial charge in [0.2, 0.25) is 0 Å². The smallest absolute Gasteiger partial charge is 0.253 e. The van der Waals surface area contributed by atoms with Gasteiger partial charge >= 0.3 is 0 Å². The van der Waals surface area contributed by atoms with Crippen LogP contribution in [0.2, 0.25) is 0 Å². The first-order valence-electron chi connectivity index (χ1n) is 11.2. The minimum atomic E-state index is 0.0107.